The molecule has 0 fully saturated rings. The van der Waals surface area contributed by atoms with E-state index in [-0.39, 0.29) is 23.5 Å². The van der Waals surface area contributed by atoms with Gasteiger partial charge in [0, 0.05) is 6.08 Å². The van der Waals surface area contributed by atoms with Gasteiger partial charge in [-0.2, -0.15) is 0 Å². The SMILES string of the molecule is COc1ccc([C@@H](C)NC(=O)/C=C/c2ccc(F)cc2)cc1F. The molecule has 0 bridgehead atoms. The minimum absolute atomic E-state index is 0.156. The van der Waals surface area contributed by atoms with Crippen molar-refractivity contribution in [3.8, 4) is 5.75 Å². The van der Waals surface area contributed by atoms with E-state index in [1.54, 1.807) is 31.2 Å². The smallest absolute Gasteiger partial charge is 0.244 e. The molecule has 0 heterocycles. The normalized spacial score (nSPS) is 12.2. The summed E-state index contributed by atoms with van der Waals surface area (Å²) in [7, 11) is 1.39. The summed E-state index contributed by atoms with van der Waals surface area (Å²) in [6, 6.07) is 9.95. The highest BCUT2D eigenvalue weighted by molar-refractivity contribution is 5.91. The molecule has 2 aromatic carbocycles. The lowest BCUT2D eigenvalue weighted by Crippen LogP contribution is -2.24. The summed E-state index contributed by atoms with van der Waals surface area (Å²) in [5.74, 6) is -0.976. The van der Waals surface area contributed by atoms with Crippen LogP contribution in [0, 0.1) is 11.6 Å². The molecule has 3 nitrogen and oxygen atoms in total. The number of hydrogen-bond acceptors (Lipinski definition) is 2. The van der Waals surface area contributed by atoms with Gasteiger partial charge in [0.25, 0.3) is 0 Å². The first-order valence-electron chi connectivity index (χ1n) is 7.07. The third kappa shape index (κ3) is 4.64. The van der Waals surface area contributed by atoms with Gasteiger partial charge in [0.2, 0.25) is 5.91 Å². The first-order valence-corrected chi connectivity index (χ1v) is 7.07. The van der Waals surface area contributed by atoms with Gasteiger partial charge < -0.3 is 10.1 Å². The molecule has 0 aliphatic rings. The van der Waals surface area contributed by atoms with Crippen molar-refractivity contribution in [1.82, 2.24) is 5.32 Å². The fourth-order valence-electron chi connectivity index (χ4n) is 2.04. The van der Waals surface area contributed by atoms with E-state index in [0.29, 0.717) is 11.1 Å². The van der Waals surface area contributed by atoms with Crippen molar-refractivity contribution in [3.05, 3.63) is 71.3 Å². The molecule has 120 valence electrons. The highest BCUT2D eigenvalue weighted by Crippen LogP contribution is 2.21. The molecule has 0 aliphatic heterocycles. The van der Waals surface area contributed by atoms with Gasteiger partial charge >= 0.3 is 0 Å². The molecule has 1 atom stereocenters. The number of ether oxygens (including phenoxy) is 1. The highest BCUT2D eigenvalue weighted by Gasteiger charge is 2.11. The van der Waals surface area contributed by atoms with Gasteiger partial charge in [-0.05, 0) is 48.4 Å². The van der Waals surface area contributed by atoms with E-state index >= 15 is 0 Å². The van der Waals surface area contributed by atoms with Crippen molar-refractivity contribution in [2.45, 2.75) is 13.0 Å². The topological polar surface area (TPSA) is 38.3 Å². The average Bonchev–Trinajstić information content (AvgIpc) is 2.54. The summed E-state index contributed by atoms with van der Waals surface area (Å²) in [4.78, 5) is 11.9. The molecule has 0 saturated heterocycles. The minimum Gasteiger partial charge on any atom is -0.494 e. The summed E-state index contributed by atoms with van der Waals surface area (Å²) >= 11 is 0. The molecule has 1 amide bonds. The van der Waals surface area contributed by atoms with Crippen molar-refractivity contribution in [1.29, 1.82) is 0 Å². The van der Waals surface area contributed by atoms with Crippen LogP contribution in [0.1, 0.15) is 24.1 Å². The molecule has 23 heavy (non-hydrogen) atoms. The van der Waals surface area contributed by atoms with Crippen LogP contribution in [-0.2, 0) is 4.79 Å². The molecule has 0 radical (unpaired) electrons. The summed E-state index contributed by atoms with van der Waals surface area (Å²) in [5, 5.41) is 2.74. The third-order valence-electron chi connectivity index (χ3n) is 3.33. The van der Waals surface area contributed by atoms with Gasteiger partial charge in [-0.1, -0.05) is 18.2 Å². The van der Waals surface area contributed by atoms with E-state index < -0.39 is 5.82 Å². The fourth-order valence-corrected chi connectivity index (χ4v) is 2.04. The van der Waals surface area contributed by atoms with Crippen LogP contribution in [-0.4, -0.2) is 13.0 Å². The number of methoxy groups -OCH3 is 1. The Hall–Kier alpha value is -2.69. The number of benzene rings is 2. The van der Waals surface area contributed by atoms with Gasteiger partial charge in [0.1, 0.15) is 5.82 Å². The number of carbonyl (C=O) groups is 1. The number of halogens is 2. The van der Waals surface area contributed by atoms with Gasteiger partial charge in [-0.25, -0.2) is 8.78 Å². The predicted molar refractivity (Wildman–Crippen MR) is 84.9 cm³/mol. The molecule has 0 aromatic heterocycles. The van der Waals surface area contributed by atoms with Crippen LogP contribution in [0.2, 0.25) is 0 Å². The van der Waals surface area contributed by atoms with E-state index in [2.05, 4.69) is 5.32 Å². The standard InChI is InChI=1S/C18H17F2NO2/c1-12(14-6-9-17(23-2)16(20)11-14)21-18(22)10-5-13-3-7-15(19)8-4-13/h3-12H,1-2H3,(H,21,22)/b10-5+/t12-/m1/s1. The van der Waals surface area contributed by atoms with Crippen molar-refractivity contribution >= 4 is 12.0 Å². The molecule has 2 aromatic rings. The van der Waals surface area contributed by atoms with Crippen LogP contribution in [0.15, 0.2) is 48.5 Å². The Bertz CT molecular complexity index is 711. The molecule has 2 rings (SSSR count). The van der Waals surface area contributed by atoms with Crippen LogP contribution in [0.3, 0.4) is 0 Å². The van der Waals surface area contributed by atoms with Gasteiger partial charge in [-0.15, -0.1) is 0 Å². The van der Waals surface area contributed by atoms with Gasteiger partial charge in [0.15, 0.2) is 11.6 Å². The van der Waals surface area contributed by atoms with Crippen LogP contribution in [0.4, 0.5) is 8.78 Å². The number of rotatable bonds is 5. The second-order valence-corrected chi connectivity index (χ2v) is 5.01. The third-order valence-corrected chi connectivity index (χ3v) is 3.33. The van der Waals surface area contributed by atoms with Crippen LogP contribution in [0.5, 0.6) is 5.75 Å². The van der Waals surface area contributed by atoms with Crippen LogP contribution in [0.25, 0.3) is 6.08 Å². The van der Waals surface area contributed by atoms with E-state index in [0.717, 1.165) is 0 Å². The highest BCUT2D eigenvalue weighted by atomic mass is 19.1. The van der Waals surface area contributed by atoms with Crippen LogP contribution >= 0.6 is 0 Å². The molecule has 0 aliphatic carbocycles. The Morgan fingerprint density at radius 1 is 1.17 bits per heavy atom. The number of nitrogens with one attached hydrogen (secondary N) is 1. The molecule has 5 heteroatoms. The van der Waals surface area contributed by atoms with E-state index in [9.17, 15) is 13.6 Å². The van der Waals surface area contributed by atoms with Gasteiger partial charge in [0.05, 0.1) is 13.2 Å². The average molecular weight is 317 g/mol. The quantitative estimate of drug-likeness (QED) is 0.850. The number of carbonyl (C=O) groups excluding carboxylic acids is 1. The maximum absolute atomic E-state index is 13.7. The molecule has 0 spiro atoms. The zero-order chi connectivity index (χ0) is 16.8. The zero-order valence-electron chi connectivity index (χ0n) is 12.8. The van der Waals surface area contributed by atoms with E-state index in [4.69, 9.17) is 4.74 Å². The minimum atomic E-state index is -0.479. The summed E-state index contributed by atoms with van der Waals surface area (Å²) in [5.41, 5.74) is 1.34. The van der Waals surface area contributed by atoms with Crippen molar-refractivity contribution in [2.24, 2.45) is 0 Å². The molecular weight excluding hydrogens is 300 g/mol. The molecule has 1 N–H and O–H groups in total. The molecule has 0 unspecified atom stereocenters. The maximum Gasteiger partial charge on any atom is 0.244 e. The first kappa shape index (κ1) is 16.7. The molecule has 0 saturated carbocycles. The van der Waals surface area contributed by atoms with E-state index in [1.807, 2.05) is 0 Å². The Balaban J connectivity index is 1.99. The summed E-state index contributed by atoms with van der Waals surface area (Å²) < 4.78 is 31.3. The van der Waals surface area contributed by atoms with Gasteiger partial charge in [-0.3, -0.25) is 4.79 Å². The maximum atomic E-state index is 13.7. The summed E-state index contributed by atoms with van der Waals surface area (Å²) in [6.07, 6.45) is 2.93. The lowest BCUT2D eigenvalue weighted by atomic mass is 10.1. The Morgan fingerprint density at radius 3 is 2.48 bits per heavy atom. The zero-order valence-corrected chi connectivity index (χ0v) is 12.8. The molecular formula is C18H17F2NO2. The van der Waals surface area contributed by atoms with Crippen molar-refractivity contribution < 1.29 is 18.3 Å². The first-order chi connectivity index (χ1) is 11.0. The van der Waals surface area contributed by atoms with Crippen molar-refractivity contribution in [3.63, 3.8) is 0 Å². The Labute approximate surface area is 133 Å². The van der Waals surface area contributed by atoms with E-state index in [1.165, 1.54) is 37.5 Å². The van der Waals surface area contributed by atoms with Crippen molar-refractivity contribution in [2.75, 3.05) is 7.11 Å². The van der Waals surface area contributed by atoms with Crippen LogP contribution < -0.4 is 10.1 Å². The monoisotopic (exact) mass is 317 g/mol. The number of hydrogen-bond donors (Lipinski definition) is 1. The lowest BCUT2D eigenvalue weighted by molar-refractivity contribution is -0.117. The Kier molecular flexibility index (Phi) is 5.46. The fraction of sp³-hybridized carbons (Fsp3) is 0.167. The Morgan fingerprint density at radius 2 is 1.87 bits per heavy atom. The number of amides is 1. The predicted octanol–water partition coefficient (Wildman–Crippen LogP) is 3.86. The second kappa shape index (κ2) is 7.54. The lowest BCUT2D eigenvalue weighted by Gasteiger charge is -2.14. The second-order valence-electron chi connectivity index (χ2n) is 5.01. The summed E-state index contributed by atoms with van der Waals surface area (Å²) in [6.45, 7) is 1.75. The largest absolute Gasteiger partial charge is 0.494 e.